The van der Waals surface area contributed by atoms with Crippen LogP contribution in [0.2, 0.25) is 0 Å². The van der Waals surface area contributed by atoms with Gasteiger partial charge in [-0.2, -0.15) is 0 Å². The van der Waals surface area contributed by atoms with Gasteiger partial charge in [0.25, 0.3) is 0 Å². The quantitative estimate of drug-likeness (QED) is 0.779. The first-order valence-corrected chi connectivity index (χ1v) is 10.6. The van der Waals surface area contributed by atoms with Gasteiger partial charge in [0, 0.05) is 18.5 Å². The van der Waals surface area contributed by atoms with E-state index in [9.17, 15) is 13.2 Å². The number of carbonyl (C=O) groups is 1. The van der Waals surface area contributed by atoms with Gasteiger partial charge in [-0.1, -0.05) is 30.0 Å². The van der Waals surface area contributed by atoms with Crippen molar-refractivity contribution in [3.63, 3.8) is 0 Å². The topological polar surface area (TPSA) is 67.3 Å². The van der Waals surface area contributed by atoms with E-state index in [0.717, 1.165) is 21.5 Å². The van der Waals surface area contributed by atoms with Crippen LogP contribution in [0.25, 0.3) is 10.9 Å². The van der Waals surface area contributed by atoms with Crippen molar-refractivity contribution in [3.05, 3.63) is 35.9 Å². The lowest BCUT2D eigenvalue weighted by Crippen LogP contribution is -2.38. The van der Waals surface area contributed by atoms with Gasteiger partial charge in [0.2, 0.25) is 5.91 Å². The molecular formula is C17H20N2O3S2. The van der Waals surface area contributed by atoms with Crippen molar-refractivity contribution in [2.24, 2.45) is 0 Å². The Bertz CT molecular complexity index is 881. The molecule has 0 N–H and O–H groups in total. The normalized spacial score (nSPS) is 19.5. The lowest BCUT2D eigenvalue weighted by Gasteiger charge is -2.23. The molecule has 1 fully saturated rings. The van der Waals surface area contributed by atoms with Crippen molar-refractivity contribution in [2.75, 3.05) is 24.3 Å². The summed E-state index contributed by atoms with van der Waals surface area (Å²) in [6.45, 7) is 2.03. The fourth-order valence-electron chi connectivity index (χ4n) is 2.91. The second kappa shape index (κ2) is 6.72. The number of amides is 1. The molecule has 5 nitrogen and oxygen atoms in total. The van der Waals surface area contributed by atoms with E-state index in [1.54, 1.807) is 11.9 Å². The Kier molecular flexibility index (Phi) is 4.83. The average Bonchev–Trinajstić information content (AvgIpc) is 2.92. The van der Waals surface area contributed by atoms with Gasteiger partial charge in [0.15, 0.2) is 9.84 Å². The highest BCUT2D eigenvalue weighted by atomic mass is 32.2. The van der Waals surface area contributed by atoms with Crippen LogP contribution in [0.3, 0.4) is 0 Å². The number of sulfone groups is 1. The number of aromatic nitrogens is 1. The molecule has 7 heteroatoms. The molecule has 2 aromatic rings. The molecule has 0 saturated carbocycles. The molecule has 0 spiro atoms. The smallest absolute Gasteiger partial charge is 0.233 e. The van der Waals surface area contributed by atoms with Gasteiger partial charge in [-0.15, -0.1) is 0 Å². The molecule has 1 saturated heterocycles. The van der Waals surface area contributed by atoms with E-state index < -0.39 is 9.84 Å². The number of benzene rings is 1. The van der Waals surface area contributed by atoms with Crippen LogP contribution in [0, 0.1) is 6.92 Å². The Morgan fingerprint density at radius 3 is 2.83 bits per heavy atom. The molecule has 1 aromatic heterocycles. The van der Waals surface area contributed by atoms with Crippen molar-refractivity contribution < 1.29 is 13.2 Å². The highest BCUT2D eigenvalue weighted by Crippen LogP contribution is 2.24. The lowest BCUT2D eigenvalue weighted by molar-refractivity contribution is -0.128. The summed E-state index contributed by atoms with van der Waals surface area (Å²) in [6, 6.07) is 9.71. The van der Waals surface area contributed by atoms with E-state index in [1.807, 2.05) is 37.3 Å². The second-order valence-electron chi connectivity index (χ2n) is 6.14. The molecule has 1 atom stereocenters. The largest absolute Gasteiger partial charge is 0.341 e. The van der Waals surface area contributed by atoms with Crippen LogP contribution in [0.1, 0.15) is 12.0 Å². The van der Waals surface area contributed by atoms with Crippen molar-refractivity contribution in [1.82, 2.24) is 9.88 Å². The van der Waals surface area contributed by atoms with Crippen LogP contribution in [0.5, 0.6) is 0 Å². The monoisotopic (exact) mass is 364 g/mol. The number of pyridine rings is 1. The van der Waals surface area contributed by atoms with E-state index in [-0.39, 0.29) is 29.2 Å². The number of hydrogen-bond acceptors (Lipinski definition) is 5. The van der Waals surface area contributed by atoms with Crippen molar-refractivity contribution >= 4 is 38.4 Å². The third kappa shape index (κ3) is 3.72. The summed E-state index contributed by atoms with van der Waals surface area (Å²) in [6.07, 6.45) is 0.530. The highest BCUT2D eigenvalue weighted by molar-refractivity contribution is 7.99. The summed E-state index contributed by atoms with van der Waals surface area (Å²) in [5.41, 5.74) is 2.05. The van der Waals surface area contributed by atoms with E-state index in [0.29, 0.717) is 6.42 Å². The molecule has 0 aliphatic carbocycles. The third-order valence-corrected chi connectivity index (χ3v) is 7.04. The zero-order valence-electron chi connectivity index (χ0n) is 13.7. The van der Waals surface area contributed by atoms with Crippen LogP contribution in [0.15, 0.2) is 35.4 Å². The van der Waals surface area contributed by atoms with Crippen molar-refractivity contribution in [3.8, 4) is 0 Å². The standard InChI is InChI=1S/C17H20N2O3S2/c1-12-9-16(18-15-6-4-3-5-14(12)15)23-10-17(20)19(2)13-7-8-24(21,22)11-13/h3-6,9,13H,7-8,10-11H2,1-2H3/t13-/m1/s1. The molecule has 0 radical (unpaired) electrons. The Hall–Kier alpha value is -1.60. The zero-order chi connectivity index (χ0) is 17.3. The summed E-state index contributed by atoms with van der Waals surface area (Å²) in [5.74, 6) is 0.452. The molecule has 128 valence electrons. The minimum atomic E-state index is -2.98. The first-order valence-electron chi connectivity index (χ1n) is 7.81. The first-order chi connectivity index (χ1) is 11.4. The Morgan fingerprint density at radius 1 is 1.38 bits per heavy atom. The van der Waals surface area contributed by atoms with Gasteiger partial charge in [-0.05, 0) is 31.0 Å². The molecular weight excluding hydrogens is 344 g/mol. The summed E-state index contributed by atoms with van der Waals surface area (Å²) in [7, 11) is -1.30. The Balaban J connectivity index is 1.66. The van der Waals surface area contributed by atoms with E-state index >= 15 is 0 Å². The van der Waals surface area contributed by atoms with Gasteiger partial charge >= 0.3 is 0 Å². The molecule has 1 aromatic carbocycles. The Morgan fingerprint density at radius 2 is 2.12 bits per heavy atom. The minimum Gasteiger partial charge on any atom is -0.341 e. The van der Waals surface area contributed by atoms with Crippen LogP contribution < -0.4 is 0 Å². The Labute approximate surface area is 146 Å². The number of fused-ring (bicyclic) bond motifs is 1. The van der Waals surface area contributed by atoms with E-state index in [4.69, 9.17) is 0 Å². The third-order valence-electron chi connectivity index (χ3n) is 4.39. The average molecular weight is 364 g/mol. The predicted molar refractivity (Wildman–Crippen MR) is 97.0 cm³/mol. The number of rotatable bonds is 4. The van der Waals surface area contributed by atoms with Gasteiger partial charge < -0.3 is 4.90 Å². The fraction of sp³-hybridized carbons (Fsp3) is 0.412. The number of para-hydroxylation sites is 1. The van der Waals surface area contributed by atoms with Gasteiger partial charge in [0.1, 0.15) is 0 Å². The number of carbonyl (C=O) groups excluding carboxylic acids is 1. The molecule has 1 aliphatic rings. The van der Waals surface area contributed by atoms with Crippen molar-refractivity contribution in [2.45, 2.75) is 24.4 Å². The number of thioether (sulfide) groups is 1. The van der Waals surface area contributed by atoms with Crippen LogP contribution >= 0.6 is 11.8 Å². The van der Waals surface area contributed by atoms with E-state index in [2.05, 4.69) is 4.98 Å². The maximum absolute atomic E-state index is 12.3. The SMILES string of the molecule is Cc1cc(SCC(=O)N(C)[C@@H]2CCS(=O)(=O)C2)nc2ccccc12. The fourth-order valence-corrected chi connectivity index (χ4v) is 5.59. The number of hydrogen-bond donors (Lipinski definition) is 0. The summed E-state index contributed by atoms with van der Waals surface area (Å²) >= 11 is 1.39. The molecule has 2 heterocycles. The van der Waals surface area contributed by atoms with Gasteiger partial charge in [0.05, 0.1) is 27.8 Å². The van der Waals surface area contributed by atoms with Crippen LogP contribution in [-0.4, -0.2) is 54.6 Å². The predicted octanol–water partition coefficient (Wildman–Crippen LogP) is 2.28. The highest BCUT2D eigenvalue weighted by Gasteiger charge is 2.32. The molecule has 24 heavy (non-hydrogen) atoms. The summed E-state index contributed by atoms with van der Waals surface area (Å²) < 4.78 is 23.1. The molecule has 3 rings (SSSR count). The van der Waals surface area contributed by atoms with Gasteiger partial charge in [-0.3, -0.25) is 4.79 Å². The maximum atomic E-state index is 12.3. The number of nitrogens with zero attached hydrogens (tertiary/aromatic N) is 2. The number of aryl methyl sites for hydroxylation is 1. The maximum Gasteiger partial charge on any atom is 0.233 e. The molecule has 0 bridgehead atoms. The molecule has 1 aliphatic heterocycles. The zero-order valence-corrected chi connectivity index (χ0v) is 15.4. The molecule has 0 unspecified atom stereocenters. The van der Waals surface area contributed by atoms with Crippen molar-refractivity contribution in [1.29, 1.82) is 0 Å². The van der Waals surface area contributed by atoms with Crippen LogP contribution in [-0.2, 0) is 14.6 Å². The first kappa shape index (κ1) is 17.2. The summed E-state index contributed by atoms with van der Waals surface area (Å²) in [5, 5.41) is 1.92. The molecule has 1 amide bonds. The van der Waals surface area contributed by atoms with E-state index in [1.165, 1.54) is 11.8 Å². The van der Waals surface area contributed by atoms with Gasteiger partial charge in [-0.25, -0.2) is 13.4 Å². The minimum absolute atomic E-state index is 0.0605. The van der Waals surface area contributed by atoms with Crippen LogP contribution in [0.4, 0.5) is 0 Å². The second-order valence-corrected chi connectivity index (χ2v) is 9.37. The summed E-state index contributed by atoms with van der Waals surface area (Å²) in [4.78, 5) is 18.5. The lowest BCUT2D eigenvalue weighted by atomic mass is 10.1.